The first kappa shape index (κ1) is 37.0. The van der Waals surface area contributed by atoms with Crippen molar-refractivity contribution in [3.05, 3.63) is 96.1 Å². The third kappa shape index (κ3) is 5.27. The molecule has 17 nitrogen and oxygen atoms in total. The van der Waals surface area contributed by atoms with Crippen molar-refractivity contribution < 1.29 is 57.8 Å². The van der Waals surface area contributed by atoms with Gasteiger partial charge in [0.2, 0.25) is 0 Å². The maximum Gasteiger partial charge on any atom is 0.323 e. The fourth-order valence-electron chi connectivity index (χ4n) is 7.25. The molecule has 6 aromatic carbocycles. The minimum absolute atomic E-state index is 0.123. The van der Waals surface area contributed by atoms with Crippen LogP contribution in [-0.4, -0.2) is 59.0 Å². The van der Waals surface area contributed by atoms with Crippen LogP contribution < -0.4 is 19.2 Å². The molecule has 56 heavy (non-hydrogen) atoms. The number of fused-ring (bicyclic) bond motifs is 6. The Hall–Kier alpha value is -5.97. The number of aryl methyl sites for hydroxylation is 2. The highest BCUT2D eigenvalue weighted by atomic mass is 32.2. The number of aromatic hydroxyl groups is 2. The van der Waals surface area contributed by atoms with Gasteiger partial charge in [-0.2, -0.15) is 16.8 Å². The van der Waals surface area contributed by atoms with E-state index in [9.17, 15) is 57.8 Å². The normalized spacial score (nSPS) is 15.4. The summed E-state index contributed by atoms with van der Waals surface area (Å²) in [4.78, 5) is 11.6. The molecule has 0 aliphatic carbocycles. The number of anilines is 6. The SMILES string of the molecule is Cc1ccc2c(NC(=O)Nc3c4ccc(C)c3S(=O)(=O)N4c3c(O)ccc4cccc(S(=O)(=O)O)c34)c1S(=O)(=O)N2c1c(O)ccc2cccc(S(=O)(=O)O)c12. The van der Waals surface area contributed by atoms with Gasteiger partial charge in [-0.15, -0.1) is 0 Å². The van der Waals surface area contributed by atoms with Crippen LogP contribution >= 0.6 is 0 Å². The lowest BCUT2D eigenvalue weighted by atomic mass is 10.1. The van der Waals surface area contributed by atoms with E-state index in [-0.39, 0.29) is 55.4 Å². The fraction of sp³-hybridized carbons (Fsp3) is 0.0571. The Labute approximate surface area is 318 Å². The van der Waals surface area contributed by atoms with Gasteiger partial charge in [-0.3, -0.25) is 9.11 Å². The standard InChI is InChI=1S/C35H26N4O13S4/c1-17-9-13-21-29(33(17)53(43,44)38(21)31-23(40)15-11-19-5-3-7-25(27(19)31)55(47,48)49)36-35(42)37-30-22-14-10-18(2)34(30)54(45,46)39(22)32-24(41)16-12-20-6-4-8-26(28(20)32)56(50,51)52/h3-16,40-41H,1-2H3,(H2,36,37,42)(H,47,48,49)(H,50,51,52). The number of phenolic OH excluding ortho intramolecular Hbond substituents is 2. The van der Waals surface area contributed by atoms with Crippen molar-refractivity contribution in [2.45, 2.75) is 33.4 Å². The molecule has 288 valence electrons. The van der Waals surface area contributed by atoms with E-state index < -0.39 is 88.8 Å². The lowest BCUT2D eigenvalue weighted by molar-refractivity contribution is 0.262. The summed E-state index contributed by atoms with van der Waals surface area (Å²) >= 11 is 0. The molecule has 0 saturated carbocycles. The molecule has 0 spiro atoms. The van der Waals surface area contributed by atoms with E-state index >= 15 is 0 Å². The topological polar surface area (TPSA) is 265 Å². The maximum atomic E-state index is 14.3. The van der Waals surface area contributed by atoms with Gasteiger partial charge in [-0.05, 0) is 72.1 Å². The largest absolute Gasteiger partial charge is 0.506 e. The molecular formula is C35H26N4O13S4. The van der Waals surface area contributed by atoms with E-state index in [4.69, 9.17) is 0 Å². The molecule has 0 saturated heterocycles. The second-order valence-corrected chi connectivity index (χ2v) is 19.1. The van der Waals surface area contributed by atoms with E-state index in [0.717, 1.165) is 24.3 Å². The van der Waals surface area contributed by atoms with Gasteiger partial charge in [0.25, 0.3) is 40.3 Å². The molecule has 4 bridgehead atoms. The lowest BCUT2D eigenvalue weighted by Crippen LogP contribution is -2.22. The van der Waals surface area contributed by atoms with E-state index in [1.807, 2.05) is 0 Å². The lowest BCUT2D eigenvalue weighted by Gasteiger charge is -2.22. The van der Waals surface area contributed by atoms with Crippen molar-refractivity contribution in [1.82, 2.24) is 0 Å². The molecule has 6 aromatic rings. The molecule has 6 N–H and O–H groups in total. The van der Waals surface area contributed by atoms with Gasteiger partial charge in [-0.1, -0.05) is 48.5 Å². The van der Waals surface area contributed by atoms with Crippen LogP contribution in [-0.2, 0) is 40.3 Å². The van der Waals surface area contributed by atoms with Crippen LogP contribution in [0.2, 0.25) is 0 Å². The van der Waals surface area contributed by atoms with Crippen LogP contribution in [0.3, 0.4) is 0 Å². The van der Waals surface area contributed by atoms with Crippen LogP contribution in [0.4, 0.5) is 38.9 Å². The molecule has 0 atom stereocenters. The Morgan fingerprint density at radius 1 is 0.571 bits per heavy atom. The Morgan fingerprint density at radius 3 is 1.30 bits per heavy atom. The van der Waals surface area contributed by atoms with Gasteiger partial charge < -0.3 is 20.8 Å². The highest BCUT2D eigenvalue weighted by Crippen LogP contribution is 2.56. The van der Waals surface area contributed by atoms with Gasteiger partial charge in [0, 0.05) is 10.8 Å². The second-order valence-electron chi connectivity index (χ2n) is 12.9. The number of sulfonamides is 2. The number of nitrogens with zero attached hydrogens (tertiary/aromatic N) is 2. The van der Waals surface area contributed by atoms with Crippen molar-refractivity contribution in [3.8, 4) is 11.5 Å². The molecule has 0 radical (unpaired) electrons. The molecule has 2 aliphatic rings. The van der Waals surface area contributed by atoms with Gasteiger partial charge in [0.05, 0.1) is 22.7 Å². The third-order valence-electron chi connectivity index (χ3n) is 9.46. The molecular weight excluding hydrogens is 813 g/mol. The van der Waals surface area contributed by atoms with Crippen LogP contribution in [0.15, 0.2) is 105 Å². The van der Waals surface area contributed by atoms with E-state index in [1.54, 1.807) is 0 Å². The summed E-state index contributed by atoms with van der Waals surface area (Å²) in [6.07, 6.45) is 0. The number of carbonyl (C=O) groups is 1. The average molecular weight is 839 g/mol. The van der Waals surface area contributed by atoms with Gasteiger partial charge >= 0.3 is 6.03 Å². The van der Waals surface area contributed by atoms with Gasteiger partial charge in [-0.25, -0.2) is 30.2 Å². The molecule has 8 rings (SSSR count). The van der Waals surface area contributed by atoms with Gasteiger partial charge in [0.1, 0.15) is 42.5 Å². The van der Waals surface area contributed by atoms with E-state index in [1.165, 1.54) is 74.5 Å². The van der Waals surface area contributed by atoms with Crippen LogP contribution in [0, 0.1) is 13.8 Å². The van der Waals surface area contributed by atoms with Crippen molar-refractivity contribution in [2.24, 2.45) is 0 Å². The summed E-state index contributed by atoms with van der Waals surface area (Å²) in [5, 5.41) is 26.7. The number of urea groups is 1. The summed E-state index contributed by atoms with van der Waals surface area (Å²) in [5.41, 5.74) is -2.00. The van der Waals surface area contributed by atoms with E-state index in [0.29, 0.717) is 8.61 Å². The zero-order chi connectivity index (χ0) is 40.4. The molecule has 2 amide bonds. The summed E-state index contributed by atoms with van der Waals surface area (Å²) in [6.45, 7) is 2.84. The summed E-state index contributed by atoms with van der Waals surface area (Å²) in [7, 11) is -19.4. The molecule has 0 unspecified atom stereocenters. The van der Waals surface area contributed by atoms with Crippen LogP contribution in [0.1, 0.15) is 11.1 Å². The number of carbonyl (C=O) groups excluding carboxylic acids is 1. The molecule has 21 heteroatoms. The zero-order valence-electron chi connectivity index (χ0n) is 28.6. The van der Waals surface area contributed by atoms with Gasteiger partial charge in [0.15, 0.2) is 0 Å². The predicted octanol–water partition coefficient (Wildman–Crippen LogP) is 5.84. The number of rotatable bonds is 6. The van der Waals surface area contributed by atoms with E-state index in [2.05, 4.69) is 10.6 Å². The monoisotopic (exact) mass is 838 g/mol. The summed E-state index contributed by atoms with van der Waals surface area (Å²) in [6, 6.07) is 16.6. The van der Waals surface area contributed by atoms with Crippen molar-refractivity contribution in [1.29, 1.82) is 0 Å². The van der Waals surface area contributed by atoms with Crippen LogP contribution in [0.5, 0.6) is 11.5 Å². The first-order valence-electron chi connectivity index (χ1n) is 16.1. The minimum atomic E-state index is -4.97. The highest BCUT2D eigenvalue weighted by molar-refractivity contribution is 7.94. The molecule has 2 heterocycles. The smallest absolute Gasteiger partial charge is 0.323 e. The number of phenols is 2. The number of hydrogen-bond donors (Lipinski definition) is 6. The Balaban J connectivity index is 1.26. The highest BCUT2D eigenvalue weighted by Gasteiger charge is 2.46. The Morgan fingerprint density at radius 2 is 0.946 bits per heavy atom. The third-order valence-corrected chi connectivity index (χ3v) is 15.1. The maximum absolute atomic E-state index is 14.3. The quantitative estimate of drug-likeness (QED) is 0.108. The first-order valence-corrected chi connectivity index (χ1v) is 21.8. The predicted molar refractivity (Wildman–Crippen MR) is 205 cm³/mol. The average Bonchev–Trinajstić information content (AvgIpc) is 3.35. The Kier molecular flexibility index (Phi) is 7.93. The number of amides is 2. The first-order chi connectivity index (χ1) is 26.2. The number of hydrogen-bond acceptors (Lipinski definition) is 11. The van der Waals surface area contributed by atoms with Crippen molar-refractivity contribution >= 4 is 102 Å². The fourth-order valence-corrected chi connectivity index (χ4v) is 12.5. The summed E-state index contributed by atoms with van der Waals surface area (Å²) in [5.74, 6) is -1.38. The summed E-state index contributed by atoms with van der Waals surface area (Å²) < 4.78 is 128. The minimum Gasteiger partial charge on any atom is -0.506 e. The van der Waals surface area contributed by atoms with Crippen molar-refractivity contribution in [2.75, 3.05) is 19.2 Å². The molecule has 0 aromatic heterocycles. The molecule has 0 fully saturated rings. The second kappa shape index (κ2) is 12.0. The Bertz CT molecular complexity index is 3050. The zero-order valence-corrected chi connectivity index (χ0v) is 31.8. The number of nitrogens with one attached hydrogen (secondary N) is 2. The molecule has 2 aliphatic heterocycles. The van der Waals surface area contributed by atoms with Crippen molar-refractivity contribution in [3.63, 3.8) is 0 Å². The number of benzene rings is 6. The van der Waals surface area contributed by atoms with Crippen LogP contribution in [0.25, 0.3) is 21.5 Å².